The van der Waals surface area contributed by atoms with Gasteiger partial charge < -0.3 is 4.74 Å². The van der Waals surface area contributed by atoms with Crippen molar-refractivity contribution in [1.29, 1.82) is 0 Å². The van der Waals surface area contributed by atoms with Gasteiger partial charge in [-0.2, -0.15) is 0 Å². The highest BCUT2D eigenvalue weighted by molar-refractivity contribution is 5.75. The molecule has 4 heteroatoms. The first-order chi connectivity index (χ1) is 9.08. The summed E-state index contributed by atoms with van der Waals surface area (Å²) in [6.07, 6.45) is 3.03. The molecular formula is C15H22FNO2. The van der Waals surface area contributed by atoms with E-state index >= 15 is 0 Å². The molecular weight excluding hydrogens is 245 g/mol. The van der Waals surface area contributed by atoms with Gasteiger partial charge in [0.05, 0.1) is 7.11 Å². The van der Waals surface area contributed by atoms with Gasteiger partial charge in [-0.3, -0.25) is 10.1 Å². The molecule has 0 saturated carbocycles. The number of rotatable bonds is 7. The van der Waals surface area contributed by atoms with Crippen molar-refractivity contribution in [3.05, 3.63) is 35.6 Å². The van der Waals surface area contributed by atoms with Gasteiger partial charge in [-0.1, -0.05) is 31.9 Å². The molecule has 0 amide bonds. The maximum absolute atomic E-state index is 13.0. The normalized spacial score (nSPS) is 13.9. The summed E-state index contributed by atoms with van der Waals surface area (Å²) in [6.45, 7) is 3.89. The molecule has 0 aliphatic heterocycles. The van der Waals surface area contributed by atoms with Gasteiger partial charge in [-0.25, -0.2) is 4.39 Å². The molecule has 0 aliphatic carbocycles. The number of benzene rings is 1. The number of hydrogen-bond donors (Lipinski definition) is 1. The highest BCUT2D eigenvalue weighted by Gasteiger charge is 2.19. The van der Waals surface area contributed by atoms with Crippen LogP contribution in [0.2, 0.25) is 0 Å². The predicted molar refractivity (Wildman–Crippen MR) is 73.3 cm³/mol. The minimum Gasteiger partial charge on any atom is -0.468 e. The smallest absolute Gasteiger partial charge is 0.322 e. The summed E-state index contributed by atoms with van der Waals surface area (Å²) in [4.78, 5) is 11.5. The number of esters is 1. The second-order valence-corrected chi connectivity index (χ2v) is 4.66. The fraction of sp³-hybridized carbons (Fsp3) is 0.533. The van der Waals surface area contributed by atoms with E-state index in [2.05, 4.69) is 12.2 Å². The predicted octanol–water partition coefficient (Wildman–Crippen LogP) is 3.21. The first-order valence-electron chi connectivity index (χ1n) is 6.67. The second kappa shape index (κ2) is 7.89. The van der Waals surface area contributed by atoms with Gasteiger partial charge in [0.2, 0.25) is 0 Å². The summed E-state index contributed by atoms with van der Waals surface area (Å²) in [5, 5.41) is 3.24. The molecule has 19 heavy (non-hydrogen) atoms. The van der Waals surface area contributed by atoms with E-state index in [0.717, 1.165) is 24.8 Å². The summed E-state index contributed by atoms with van der Waals surface area (Å²) in [5.41, 5.74) is 0.991. The van der Waals surface area contributed by atoms with Crippen molar-refractivity contribution in [2.75, 3.05) is 7.11 Å². The SMILES string of the molecule is CCCCC(N[C@@H](C)C(=O)OC)c1ccc(F)cc1. The Morgan fingerprint density at radius 1 is 1.37 bits per heavy atom. The Kier molecular flexibility index (Phi) is 6.50. The molecule has 1 unspecified atom stereocenters. The van der Waals surface area contributed by atoms with Crippen molar-refractivity contribution < 1.29 is 13.9 Å². The Balaban J connectivity index is 2.76. The molecule has 0 heterocycles. The average molecular weight is 267 g/mol. The Morgan fingerprint density at radius 2 is 2.00 bits per heavy atom. The van der Waals surface area contributed by atoms with Crippen LogP contribution in [0.5, 0.6) is 0 Å². The number of carbonyl (C=O) groups is 1. The number of unbranched alkanes of at least 4 members (excludes halogenated alkanes) is 1. The lowest BCUT2D eigenvalue weighted by Crippen LogP contribution is -2.37. The zero-order valence-electron chi connectivity index (χ0n) is 11.8. The lowest BCUT2D eigenvalue weighted by atomic mass is 10.00. The zero-order valence-corrected chi connectivity index (χ0v) is 11.8. The molecule has 0 bridgehead atoms. The summed E-state index contributed by atoms with van der Waals surface area (Å²) < 4.78 is 17.7. The second-order valence-electron chi connectivity index (χ2n) is 4.66. The van der Waals surface area contributed by atoms with E-state index in [1.807, 2.05) is 0 Å². The number of halogens is 1. The molecule has 0 fully saturated rings. The molecule has 0 aromatic heterocycles. The Morgan fingerprint density at radius 3 is 2.53 bits per heavy atom. The molecule has 1 aromatic carbocycles. The fourth-order valence-electron chi connectivity index (χ4n) is 2.00. The average Bonchev–Trinajstić information content (AvgIpc) is 2.43. The molecule has 2 atom stereocenters. The lowest BCUT2D eigenvalue weighted by molar-refractivity contribution is -0.142. The molecule has 1 aromatic rings. The molecule has 1 N–H and O–H groups in total. The maximum atomic E-state index is 13.0. The summed E-state index contributed by atoms with van der Waals surface area (Å²) in [5.74, 6) is -0.539. The van der Waals surface area contributed by atoms with Crippen LogP contribution in [0.1, 0.15) is 44.7 Å². The van der Waals surface area contributed by atoms with Crippen LogP contribution < -0.4 is 5.32 Å². The van der Waals surface area contributed by atoms with E-state index < -0.39 is 0 Å². The summed E-state index contributed by atoms with van der Waals surface area (Å²) in [7, 11) is 1.37. The Hall–Kier alpha value is -1.42. The topological polar surface area (TPSA) is 38.3 Å². The summed E-state index contributed by atoms with van der Waals surface area (Å²) >= 11 is 0. The minimum atomic E-state index is -0.378. The quantitative estimate of drug-likeness (QED) is 0.771. The van der Waals surface area contributed by atoms with Crippen LogP contribution in [0.15, 0.2) is 24.3 Å². The van der Waals surface area contributed by atoms with Crippen molar-refractivity contribution in [2.24, 2.45) is 0 Å². The van der Waals surface area contributed by atoms with Gasteiger partial charge in [0.25, 0.3) is 0 Å². The van der Waals surface area contributed by atoms with Crippen LogP contribution >= 0.6 is 0 Å². The number of methoxy groups -OCH3 is 1. The van der Waals surface area contributed by atoms with Crippen molar-refractivity contribution >= 4 is 5.97 Å². The third-order valence-electron chi connectivity index (χ3n) is 3.12. The van der Waals surface area contributed by atoms with Gasteiger partial charge in [-0.15, -0.1) is 0 Å². The van der Waals surface area contributed by atoms with Crippen LogP contribution in [0.25, 0.3) is 0 Å². The monoisotopic (exact) mass is 267 g/mol. The Labute approximate surface area is 114 Å². The van der Waals surface area contributed by atoms with Crippen LogP contribution in [0, 0.1) is 5.82 Å². The molecule has 3 nitrogen and oxygen atoms in total. The highest BCUT2D eigenvalue weighted by atomic mass is 19.1. The van der Waals surface area contributed by atoms with Gasteiger partial charge >= 0.3 is 5.97 Å². The first kappa shape index (κ1) is 15.6. The third kappa shape index (κ3) is 4.99. The van der Waals surface area contributed by atoms with Crippen molar-refractivity contribution in [3.8, 4) is 0 Å². The number of hydrogen-bond acceptors (Lipinski definition) is 3. The lowest BCUT2D eigenvalue weighted by Gasteiger charge is -2.22. The minimum absolute atomic E-state index is 0.0367. The Bertz CT molecular complexity index is 392. The van der Waals surface area contributed by atoms with E-state index in [-0.39, 0.29) is 23.9 Å². The standard InChI is InChI=1S/C15H22FNO2/c1-4-5-6-14(17-11(2)15(18)19-3)12-7-9-13(16)10-8-12/h7-11,14,17H,4-6H2,1-3H3/t11-,14?/m0/s1. The molecule has 0 aliphatic rings. The fourth-order valence-corrected chi connectivity index (χ4v) is 2.00. The van der Waals surface area contributed by atoms with Gasteiger partial charge in [0, 0.05) is 6.04 Å². The van der Waals surface area contributed by atoms with Gasteiger partial charge in [-0.05, 0) is 31.0 Å². The molecule has 1 rings (SSSR count). The van der Waals surface area contributed by atoms with E-state index in [1.54, 1.807) is 19.1 Å². The summed E-state index contributed by atoms with van der Waals surface area (Å²) in [6, 6.07) is 6.06. The first-order valence-corrected chi connectivity index (χ1v) is 6.67. The van der Waals surface area contributed by atoms with Crippen LogP contribution in [0.4, 0.5) is 4.39 Å². The maximum Gasteiger partial charge on any atom is 0.322 e. The van der Waals surface area contributed by atoms with Crippen LogP contribution in [0.3, 0.4) is 0 Å². The highest BCUT2D eigenvalue weighted by Crippen LogP contribution is 2.20. The molecule has 106 valence electrons. The van der Waals surface area contributed by atoms with E-state index in [4.69, 9.17) is 4.74 Å². The van der Waals surface area contributed by atoms with Crippen LogP contribution in [-0.4, -0.2) is 19.1 Å². The molecule has 0 radical (unpaired) electrons. The molecule has 0 saturated heterocycles. The van der Waals surface area contributed by atoms with Crippen molar-refractivity contribution in [1.82, 2.24) is 5.32 Å². The van der Waals surface area contributed by atoms with Gasteiger partial charge in [0.1, 0.15) is 11.9 Å². The van der Waals surface area contributed by atoms with E-state index in [1.165, 1.54) is 19.2 Å². The number of nitrogens with one attached hydrogen (secondary N) is 1. The van der Waals surface area contributed by atoms with Crippen molar-refractivity contribution in [2.45, 2.75) is 45.2 Å². The van der Waals surface area contributed by atoms with E-state index in [9.17, 15) is 9.18 Å². The van der Waals surface area contributed by atoms with Gasteiger partial charge in [0.15, 0.2) is 0 Å². The number of carbonyl (C=O) groups excluding carboxylic acids is 1. The van der Waals surface area contributed by atoms with Crippen LogP contribution in [-0.2, 0) is 9.53 Å². The zero-order chi connectivity index (χ0) is 14.3. The number of ether oxygens (including phenoxy) is 1. The van der Waals surface area contributed by atoms with Crippen molar-refractivity contribution in [3.63, 3.8) is 0 Å². The third-order valence-corrected chi connectivity index (χ3v) is 3.12. The molecule has 0 spiro atoms. The largest absolute Gasteiger partial charge is 0.468 e. The van der Waals surface area contributed by atoms with E-state index in [0.29, 0.717) is 0 Å².